The number of carbonyl (C=O) groups excluding carboxylic acids is 1. The van der Waals surface area contributed by atoms with Crippen molar-refractivity contribution < 1.29 is 14.3 Å². The van der Waals surface area contributed by atoms with Gasteiger partial charge in [0, 0.05) is 13.2 Å². The topological polar surface area (TPSA) is 47.6 Å². The van der Waals surface area contributed by atoms with E-state index in [0.29, 0.717) is 26.2 Å². The lowest BCUT2D eigenvalue weighted by Gasteiger charge is -2.05. The van der Waals surface area contributed by atoms with Gasteiger partial charge in [0.15, 0.2) is 0 Å². The Bertz CT molecular complexity index is 139. The summed E-state index contributed by atoms with van der Waals surface area (Å²) in [5.74, 6) is -0.168. The Balaban J connectivity index is 3.07. The van der Waals surface area contributed by atoms with E-state index in [4.69, 9.17) is 9.47 Å². The average Bonchev–Trinajstić information content (AvgIpc) is 2.20. The third-order valence-corrected chi connectivity index (χ3v) is 1.71. The minimum Gasteiger partial charge on any atom is -0.463 e. The van der Waals surface area contributed by atoms with E-state index in [9.17, 15) is 4.79 Å². The van der Waals surface area contributed by atoms with Gasteiger partial charge in [-0.25, -0.2) is 0 Å². The van der Waals surface area contributed by atoms with Crippen LogP contribution >= 0.6 is 0 Å². The fraction of sp³-hybridized carbons (Fsp3) is 0.900. The molecule has 0 atom stereocenters. The van der Waals surface area contributed by atoms with E-state index in [2.05, 4.69) is 12.2 Å². The fourth-order valence-corrected chi connectivity index (χ4v) is 0.862. The van der Waals surface area contributed by atoms with Crippen LogP contribution in [0, 0.1) is 0 Å². The molecule has 0 aliphatic carbocycles. The zero-order chi connectivity index (χ0) is 10.6. The Morgan fingerprint density at radius 1 is 1.29 bits per heavy atom. The second-order valence-electron chi connectivity index (χ2n) is 3.04. The van der Waals surface area contributed by atoms with Crippen LogP contribution in [0.25, 0.3) is 0 Å². The number of rotatable bonds is 9. The summed E-state index contributed by atoms with van der Waals surface area (Å²) >= 11 is 0. The van der Waals surface area contributed by atoms with Gasteiger partial charge < -0.3 is 14.8 Å². The molecule has 0 aliphatic rings. The normalized spacial score (nSPS) is 10.1. The maximum absolute atomic E-state index is 11.0. The Morgan fingerprint density at radius 3 is 2.71 bits per heavy atom. The molecule has 0 aromatic rings. The molecule has 4 heteroatoms. The van der Waals surface area contributed by atoms with Crippen molar-refractivity contribution in [2.24, 2.45) is 0 Å². The van der Waals surface area contributed by atoms with Gasteiger partial charge in [0.2, 0.25) is 0 Å². The number of ether oxygens (including phenoxy) is 2. The molecular formula is C10H21NO3. The lowest BCUT2D eigenvalue weighted by atomic mass is 10.4. The van der Waals surface area contributed by atoms with Crippen LogP contribution < -0.4 is 5.32 Å². The molecule has 0 heterocycles. The molecule has 0 rings (SSSR count). The van der Waals surface area contributed by atoms with Crippen molar-refractivity contribution in [2.45, 2.75) is 26.2 Å². The highest BCUT2D eigenvalue weighted by Gasteiger charge is 2.00. The molecule has 0 fully saturated rings. The second kappa shape index (κ2) is 10.5. The Hall–Kier alpha value is -0.610. The number of nitrogens with one attached hydrogen (secondary N) is 1. The first-order valence-corrected chi connectivity index (χ1v) is 5.19. The van der Waals surface area contributed by atoms with Crippen molar-refractivity contribution in [3.8, 4) is 0 Å². The number of carbonyl (C=O) groups is 1. The summed E-state index contributed by atoms with van der Waals surface area (Å²) < 4.78 is 10.2. The van der Waals surface area contributed by atoms with Gasteiger partial charge in [-0.3, -0.25) is 4.79 Å². The number of esters is 1. The molecule has 84 valence electrons. The Kier molecular flexibility index (Phi) is 10.0. The molecule has 4 nitrogen and oxygen atoms in total. The van der Waals surface area contributed by atoms with E-state index in [1.807, 2.05) is 0 Å². The molecular weight excluding hydrogens is 182 g/mol. The molecule has 1 N–H and O–H groups in total. The lowest BCUT2D eigenvalue weighted by Crippen LogP contribution is -2.17. The van der Waals surface area contributed by atoms with Crippen LogP contribution in [-0.4, -0.2) is 39.4 Å². The molecule has 0 aliphatic heterocycles. The molecule has 0 aromatic carbocycles. The van der Waals surface area contributed by atoms with Crippen LogP contribution in [0.2, 0.25) is 0 Å². The monoisotopic (exact) mass is 203 g/mol. The average molecular weight is 203 g/mol. The Morgan fingerprint density at radius 2 is 2.07 bits per heavy atom. The fourth-order valence-electron chi connectivity index (χ4n) is 0.862. The molecule has 14 heavy (non-hydrogen) atoms. The number of unbranched alkanes of at least 4 members (excludes halogenated alkanes) is 1. The summed E-state index contributed by atoms with van der Waals surface area (Å²) in [7, 11) is 1.81. The van der Waals surface area contributed by atoms with Crippen molar-refractivity contribution in [1.29, 1.82) is 0 Å². The van der Waals surface area contributed by atoms with E-state index >= 15 is 0 Å². The summed E-state index contributed by atoms with van der Waals surface area (Å²) in [5.41, 5.74) is 0. The largest absolute Gasteiger partial charge is 0.463 e. The highest BCUT2D eigenvalue weighted by molar-refractivity contribution is 5.69. The smallest absolute Gasteiger partial charge is 0.307 e. The zero-order valence-electron chi connectivity index (χ0n) is 9.17. The zero-order valence-corrected chi connectivity index (χ0v) is 9.17. The molecule has 0 saturated heterocycles. The van der Waals surface area contributed by atoms with Crippen LogP contribution in [0.1, 0.15) is 26.2 Å². The first kappa shape index (κ1) is 13.4. The molecule has 0 amide bonds. The quantitative estimate of drug-likeness (QED) is 0.448. The summed E-state index contributed by atoms with van der Waals surface area (Å²) in [6.45, 7) is 4.40. The van der Waals surface area contributed by atoms with Crippen molar-refractivity contribution in [3.05, 3.63) is 0 Å². The maximum atomic E-state index is 11.0. The molecule has 0 saturated carbocycles. The standard InChI is InChI=1S/C10H21NO3/c1-3-4-7-13-8-9-14-10(12)5-6-11-2/h11H,3-9H2,1-2H3. The van der Waals surface area contributed by atoms with E-state index < -0.39 is 0 Å². The van der Waals surface area contributed by atoms with Crippen molar-refractivity contribution in [2.75, 3.05) is 33.4 Å². The lowest BCUT2D eigenvalue weighted by molar-refractivity contribution is -0.145. The first-order chi connectivity index (χ1) is 6.81. The van der Waals surface area contributed by atoms with Crippen LogP contribution in [0.4, 0.5) is 0 Å². The maximum Gasteiger partial charge on any atom is 0.307 e. The van der Waals surface area contributed by atoms with Crippen molar-refractivity contribution in [1.82, 2.24) is 5.32 Å². The van der Waals surface area contributed by atoms with Crippen LogP contribution in [-0.2, 0) is 14.3 Å². The van der Waals surface area contributed by atoms with Gasteiger partial charge in [0.1, 0.15) is 6.61 Å². The third-order valence-electron chi connectivity index (χ3n) is 1.71. The minimum atomic E-state index is -0.168. The van der Waals surface area contributed by atoms with E-state index in [-0.39, 0.29) is 5.97 Å². The second-order valence-corrected chi connectivity index (χ2v) is 3.04. The van der Waals surface area contributed by atoms with E-state index in [1.54, 1.807) is 7.05 Å². The molecule has 0 aromatic heterocycles. The van der Waals surface area contributed by atoms with Crippen molar-refractivity contribution >= 4 is 5.97 Å². The summed E-state index contributed by atoms with van der Waals surface area (Å²) in [4.78, 5) is 11.0. The number of hydrogen-bond donors (Lipinski definition) is 1. The van der Waals surface area contributed by atoms with Gasteiger partial charge in [0.05, 0.1) is 13.0 Å². The predicted molar refractivity (Wildman–Crippen MR) is 55.2 cm³/mol. The van der Waals surface area contributed by atoms with Gasteiger partial charge in [-0.2, -0.15) is 0 Å². The first-order valence-electron chi connectivity index (χ1n) is 5.19. The molecule has 0 bridgehead atoms. The summed E-state index contributed by atoms with van der Waals surface area (Å²) in [6.07, 6.45) is 2.61. The SMILES string of the molecule is CCCCOCCOC(=O)CCNC. The van der Waals surface area contributed by atoms with Crippen LogP contribution in [0.5, 0.6) is 0 Å². The molecule has 0 radical (unpaired) electrons. The third kappa shape index (κ3) is 9.48. The Labute approximate surface area is 86.0 Å². The molecule has 0 unspecified atom stereocenters. The van der Waals surface area contributed by atoms with Gasteiger partial charge in [0.25, 0.3) is 0 Å². The van der Waals surface area contributed by atoms with Gasteiger partial charge in [-0.05, 0) is 13.5 Å². The van der Waals surface area contributed by atoms with Crippen LogP contribution in [0.3, 0.4) is 0 Å². The molecule has 0 spiro atoms. The van der Waals surface area contributed by atoms with Gasteiger partial charge in [-0.15, -0.1) is 0 Å². The van der Waals surface area contributed by atoms with E-state index in [1.165, 1.54) is 0 Å². The van der Waals surface area contributed by atoms with Gasteiger partial charge >= 0.3 is 5.97 Å². The van der Waals surface area contributed by atoms with Gasteiger partial charge in [-0.1, -0.05) is 13.3 Å². The minimum absolute atomic E-state index is 0.168. The predicted octanol–water partition coefficient (Wildman–Crippen LogP) is 0.956. The van der Waals surface area contributed by atoms with E-state index in [0.717, 1.165) is 19.4 Å². The highest BCUT2D eigenvalue weighted by Crippen LogP contribution is 1.89. The summed E-state index contributed by atoms with van der Waals surface area (Å²) in [6, 6.07) is 0. The van der Waals surface area contributed by atoms with Crippen molar-refractivity contribution in [3.63, 3.8) is 0 Å². The highest BCUT2D eigenvalue weighted by atomic mass is 16.6. The number of hydrogen-bond acceptors (Lipinski definition) is 4. The summed E-state index contributed by atoms with van der Waals surface area (Å²) in [5, 5.41) is 2.88. The van der Waals surface area contributed by atoms with Crippen LogP contribution in [0.15, 0.2) is 0 Å².